The highest BCUT2D eigenvalue weighted by molar-refractivity contribution is 7.85. The molecule has 0 radical (unpaired) electrons. The molecule has 1 saturated heterocycles. The fraction of sp³-hybridized carbons (Fsp3) is 0.600. The zero-order valence-corrected chi connectivity index (χ0v) is 12.9. The number of aliphatic hydroxyl groups excluding tert-OH is 1. The van der Waals surface area contributed by atoms with Gasteiger partial charge in [-0.05, 0) is 18.9 Å². The van der Waals surface area contributed by atoms with Crippen LogP contribution in [0.1, 0.15) is 18.4 Å². The number of nitrogens with two attached hydrogens (primary N) is 1. The minimum atomic E-state index is -1.04. The fourth-order valence-electron chi connectivity index (χ4n) is 2.31. The lowest BCUT2D eigenvalue weighted by Gasteiger charge is -2.22. The van der Waals surface area contributed by atoms with E-state index in [0.29, 0.717) is 25.5 Å². The molecule has 118 valence electrons. The maximum Gasteiger partial charge on any atom is 0.123 e. The lowest BCUT2D eigenvalue weighted by Crippen LogP contribution is -2.32. The van der Waals surface area contributed by atoms with Gasteiger partial charge in [-0.3, -0.25) is 4.21 Å². The van der Waals surface area contributed by atoms with Crippen LogP contribution in [-0.2, 0) is 22.1 Å². The molecule has 1 aromatic rings. The van der Waals surface area contributed by atoms with Crippen LogP contribution in [0.4, 0.5) is 0 Å². The average Bonchev–Trinajstić information content (AvgIpc) is 2.54. The molecular formula is C15H23NO4S. The molecule has 1 fully saturated rings. The van der Waals surface area contributed by atoms with Gasteiger partial charge in [0.15, 0.2) is 0 Å². The van der Waals surface area contributed by atoms with E-state index in [0.717, 1.165) is 18.4 Å². The number of para-hydroxylation sites is 1. The third kappa shape index (κ3) is 5.07. The SMILES string of the molecule is NCc1ccccc1OCC(O)CS(=O)C1CCOCC1. The molecule has 21 heavy (non-hydrogen) atoms. The van der Waals surface area contributed by atoms with Crippen LogP contribution in [-0.4, -0.2) is 46.2 Å². The second kappa shape index (κ2) is 8.48. The smallest absolute Gasteiger partial charge is 0.123 e. The standard InChI is InChI=1S/C15H23NO4S/c16-9-12-3-1-2-4-15(12)20-10-13(17)11-21(18)14-5-7-19-8-6-14/h1-4,13-14,17H,5-11,16H2. The normalized spacial score (nSPS) is 19.1. The molecule has 1 aliphatic heterocycles. The maximum absolute atomic E-state index is 12.2. The summed E-state index contributed by atoms with van der Waals surface area (Å²) in [6.45, 7) is 1.84. The molecule has 1 heterocycles. The zero-order chi connectivity index (χ0) is 15.1. The summed E-state index contributed by atoms with van der Waals surface area (Å²) in [6.07, 6.45) is 0.867. The second-order valence-corrected chi connectivity index (χ2v) is 6.90. The van der Waals surface area contributed by atoms with E-state index >= 15 is 0 Å². The van der Waals surface area contributed by atoms with Gasteiger partial charge in [0, 0.05) is 41.4 Å². The number of hydrogen-bond acceptors (Lipinski definition) is 5. The highest BCUT2D eigenvalue weighted by Crippen LogP contribution is 2.18. The molecule has 2 rings (SSSR count). The van der Waals surface area contributed by atoms with Crippen molar-refractivity contribution in [2.75, 3.05) is 25.6 Å². The van der Waals surface area contributed by atoms with E-state index in [2.05, 4.69) is 0 Å². The van der Waals surface area contributed by atoms with Gasteiger partial charge in [-0.15, -0.1) is 0 Å². The first kappa shape index (κ1) is 16.4. The largest absolute Gasteiger partial charge is 0.491 e. The molecule has 2 atom stereocenters. The summed E-state index contributed by atoms with van der Waals surface area (Å²) in [4.78, 5) is 0. The number of ether oxygens (including phenoxy) is 2. The summed E-state index contributed by atoms with van der Waals surface area (Å²) in [5.74, 6) is 0.922. The summed E-state index contributed by atoms with van der Waals surface area (Å²) in [5.41, 5.74) is 6.53. The molecule has 0 bridgehead atoms. The van der Waals surface area contributed by atoms with Gasteiger partial charge in [-0.25, -0.2) is 0 Å². The van der Waals surface area contributed by atoms with Crippen molar-refractivity contribution in [2.45, 2.75) is 30.7 Å². The molecule has 2 unspecified atom stereocenters. The Kier molecular flexibility index (Phi) is 6.63. The van der Waals surface area contributed by atoms with Crippen molar-refractivity contribution in [3.63, 3.8) is 0 Å². The van der Waals surface area contributed by atoms with Gasteiger partial charge in [0.2, 0.25) is 0 Å². The van der Waals surface area contributed by atoms with Gasteiger partial charge in [0.05, 0.1) is 11.9 Å². The fourth-order valence-corrected chi connectivity index (χ4v) is 3.78. The molecular weight excluding hydrogens is 290 g/mol. The molecule has 0 saturated carbocycles. The van der Waals surface area contributed by atoms with Gasteiger partial charge in [0.25, 0.3) is 0 Å². The molecule has 0 amide bonds. The molecule has 1 aromatic carbocycles. The Balaban J connectivity index is 1.78. The van der Waals surface area contributed by atoms with Crippen LogP contribution in [0.25, 0.3) is 0 Å². The van der Waals surface area contributed by atoms with Crippen LogP contribution >= 0.6 is 0 Å². The summed E-state index contributed by atoms with van der Waals surface area (Å²) < 4.78 is 23.0. The van der Waals surface area contributed by atoms with Crippen LogP contribution in [0, 0.1) is 0 Å². The van der Waals surface area contributed by atoms with Crippen LogP contribution in [0.15, 0.2) is 24.3 Å². The second-order valence-electron chi connectivity index (χ2n) is 5.14. The lowest BCUT2D eigenvalue weighted by molar-refractivity contribution is 0.0982. The van der Waals surface area contributed by atoms with E-state index in [-0.39, 0.29) is 17.6 Å². The van der Waals surface area contributed by atoms with Crippen molar-refractivity contribution in [1.82, 2.24) is 0 Å². The number of benzene rings is 1. The van der Waals surface area contributed by atoms with Crippen molar-refractivity contribution in [1.29, 1.82) is 0 Å². The van der Waals surface area contributed by atoms with E-state index in [9.17, 15) is 9.32 Å². The first-order chi connectivity index (χ1) is 10.2. The molecule has 1 aliphatic rings. The van der Waals surface area contributed by atoms with Gasteiger partial charge in [-0.1, -0.05) is 18.2 Å². The highest BCUT2D eigenvalue weighted by atomic mass is 32.2. The minimum Gasteiger partial charge on any atom is -0.491 e. The van der Waals surface area contributed by atoms with Crippen molar-refractivity contribution >= 4 is 10.8 Å². The Bertz CT molecular complexity index is 463. The van der Waals surface area contributed by atoms with Gasteiger partial charge in [0.1, 0.15) is 12.4 Å². The lowest BCUT2D eigenvalue weighted by atomic mass is 10.2. The van der Waals surface area contributed by atoms with E-state index in [1.54, 1.807) is 0 Å². The Morgan fingerprint density at radius 3 is 2.81 bits per heavy atom. The zero-order valence-electron chi connectivity index (χ0n) is 12.1. The molecule has 6 heteroatoms. The van der Waals surface area contributed by atoms with Crippen LogP contribution in [0.3, 0.4) is 0 Å². The maximum atomic E-state index is 12.2. The van der Waals surface area contributed by atoms with Crippen LogP contribution in [0.5, 0.6) is 5.75 Å². The van der Waals surface area contributed by atoms with Crippen molar-refractivity contribution in [3.8, 4) is 5.75 Å². The molecule has 0 aliphatic carbocycles. The predicted octanol–water partition coefficient (Wildman–Crippen LogP) is 0.813. The Morgan fingerprint density at radius 2 is 2.10 bits per heavy atom. The molecule has 0 spiro atoms. The van der Waals surface area contributed by atoms with Crippen LogP contribution < -0.4 is 10.5 Å². The van der Waals surface area contributed by atoms with E-state index < -0.39 is 16.9 Å². The minimum absolute atomic E-state index is 0.129. The van der Waals surface area contributed by atoms with Gasteiger partial charge in [-0.2, -0.15) is 0 Å². The molecule has 5 nitrogen and oxygen atoms in total. The topological polar surface area (TPSA) is 81.8 Å². The summed E-state index contributed by atoms with van der Waals surface area (Å²) >= 11 is 0. The first-order valence-electron chi connectivity index (χ1n) is 7.24. The Hall–Kier alpha value is -0.950. The van der Waals surface area contributed by atoms with Crippen molar-refractivity contribution in [2.24, 2.45) is 5.73 Å². The molecule has 0 aromatic heterocycles. The number of aliphatic hydroxyl groups is 1. The summed E-state index contributed by atoms with van der Waals surface area (Å²) in [5, 5.41) is 10.1. The van der Waals surface area contributed by atoms with Crippen LogP contribution in [0.2, 0.25) is 0 Å². The predicted molar refractivity (Wildman–Crippen MR) is 82.7 cm³/mol. The van der Waals surface area contributed by atoms with Gasteiger partial charge < -0.3 is 20.3 Å². The third-order valence-electron chi connectivity index (χ3n) is 3.52. The van der Waals surface area contributed by atoms with E-state index in [1.807, 2.05) is 24.3 Å². The summed E-state index contributed by atoms with van der Waals surface area (Å²) in [6, 6.07) is 7.47. The summed E-state index contributed by atoms with van der Waals surface area (Å²) in [7, 11) is -1.04. The average molecular weight is 313 g/mol. The van der Waals surface area contributed by atoms with E-state index in [4.69, 9.17) is 15.2 Å². The van der Waals surface area contributed by atoms with Crippen molar-refractivity contribution < 1.29 is 18.8 Å². The Labute approximate surface area is 127 Å². The number of rotatable bonds is 7. The quantitative estimate of drug-likeness (QED) is 0.778. The third-order valence-corrected chi connectivity index (χ3v) is 5.45. The Morgan fingerprint density at radius 1 is 1.38 bits per heavy atom. The number of hydrogen-bond donors (Lipinski definition) is 2. The first-order valence-corrected chi connectivity index (χ1v) is 8.62. The monoisotopic (exact) mass is 313 g/mol. The molecule has 3 N–H and O–H groups in total. The van der Waals surface area contributed by atoms with Gasteiger partial charge >= 0.3 is 0 Å². The van der Waals surface area contributed by atoms with E-state index in [1.165, 1.54) is 0 Å². The van der Waals surface area contributed by atoms with Crippen molar-refractivity contribution in [3.05, 3.63) is 29.8 Å². The highest BCUT2D eigenvalue weighted by Gasteiger charge is 2.22.